The molecule has 180 valence electrons. The summed E-state index contributed by atoms with van der Waals surface area (Å²) in [7, 11) is 0. The monoisotopic (exact) mass is 509 g/mol. The summed E-state index contributed by atoms with van der Waals surface area (Å²) < 4.78 is 0. The van der Waals surface area contributed by atoms with E-state index in [0.29, 0.717) is 34.1 Å². The fourth-order valence-electron chi connectivity index (χ4n) is 4.23. The van der Waals surface area contributed by atoms with Gasteiger partial charge in [-0.2, -0.15) is 0 Å². The van der Waals surface area contributed by atoms with Crippen LogP contribution in [0.25, 0.3) is 0 Å². The highest BCUT2D eigenvalue weighted by Crippen LogP contribution is 2.35. The number of halogens is 2. The number of amides is 2. The van der Waals surface area contributed by atoms with Crippen LogP contribution in [0.15, 0.2) is 60.7 Å². The number of anilines is 1. The van der Waals surface area contributed by atoms with E-state index in [0.717, 1.165) is 22.4 Å². The Balaban J connectivity index is 1.62. The Bertz CT molecular complexity index is 1310. The Hall–Kier alpha value is -3.55. The first-order valence-electron chi connectivity index (χ1n) is 11.0. The molecule has 0 saturated heterocycles. The smallest absolute Gasteiger partial charge is 0.248 e. The molecule has 35 heavy (non-hydrogen) atoms. The van der Waals surface area contributed by atoms with Crippen LogP contribution < -0.4 is 21.7 Å². The number of rotatable bonds is 7. The van der Waals surface area contributed by atoms with E-state index in [1.807, 2.05) is 42.2 Å². The van der Waals surface area contributed by atoms with E-state index < -0.39 is 11.9 Å². The van der Waals surface area contributed by atoms with Crippen molar-refractivity contribution in [2.75, 3.05) is 4.90 Å². The molecule has 7 nitrogen and oxygen atoms in total. The van der Waals surface area contributed by atoms with Gasteiger partial charge in [-0.3, -0.25) is 15.0 Å². The van der Waals surface area contributed by atoms with Gasteiger partial charge in [0.2, 0.25) is 11.8 Å². The lowest BCUT2D eigenvalue weighted by Gasteiger charge is -2.28. The molecule has 1 aliphatic rings. The lowest BCUT2D eigenvalue weighted by atomic mass is 10.1. The molecule has 1 heterocycles. The SMILES string of the molecule is C[C@H](NC(=O)C1Cc2ccc(C(=N)N)cc2N1Cc1ccc(C(N)=O)cc1)c1ccc(Cl)c(Cl)c1. The topological polar surface area (TPSA) is 125 Å². The van der Waals surface area contributed by atoms with E-state index in [1.165, 1.54) is 0 Å². The van der Waals surface area contributed by atoms with Crippen LogP contribution in [0.5, 0.6) is 0 Å². The number of primary amides is 1. The first-order chi connectivity index (χ1) is 16.6. The number of nitrogens with zero attached hydrogens (tertiary/aromatic N) is 1. The molecule has 0 aromatic heterocycles. The van der Waals surface area contributed by atoms with Gasteiger partial charge in [0.25, 0.3) is 0 Å². The van der Waals surface area contributed by atoms with Crippen molar-refractivity contribution in [2.24, 2.45) is 11.5 Å². The molecular weight excluding hydrogens is 485 g/mol. The van der Waals surface area contributed by atoms with Gasteiger partial charge in [-0.1, -0.05) is 53.5 Å². The third-order valence-corrected chi connectivity index (χ3v) is 6.93. The number of carbonyl (C=O) groups excluding carboxylic acids is 2. The maximum Gasteiger partial charge on any atom is 0.248 e. The molecule has 0 spiro atoms. The van der Waals surface area contributed by atoms with Crippen LogP contribution in [-0.2, 0) is 17.8 Å². The number of hydrogen-bond acceptors (Lipinski definition) is 4. The lowest BCUT2D eigenvalue weighted by molar-refractivity contribution is -0.123. The molecule has 4 rings (SSSR count). The van der Waals surface area contributed by atoms with Crippen LogP contribution in [0.3, 0.4) is 0 Å². The van der Waals surface area contributed by atoms with Crippen LogP contribution in [0, 0.1) is 5.41 Å². The lowest BCUT2D eigenvalue weighted by Crippen LogP contribution is -2.45. The summed E-state index contributed by atoms with van der Waals surface area (Å²) in [6.07, 6.45) is 0.507. The second kappa shape index (κ2) is 9.98. The molecule has 0 bridgehead atoms. The summed E-state index contributed by atoms with van der Waals surface area (Å²) in [6, 6.07) is 17.0. The maximum absolute atomic E-state index is 13.5. The van der Waals surface area contributed by atoms with Crippen LogP contribution >= 0.6 is 23.2 Å². The van der Waals surface area contributed by atoms with Crippen molar-refractivity contribution in [2.45, 2.75) is 32.0 Å². The van der Waals surface area contributed by atoms with Crippen molar-refractivity contribution in [3.63, 3.8) is 0 Å². The highest BCUT2D eigenvalue weighted by molar-refractivity contribution is 6.42. The zero-order chi connectivity index (χ0) is 25.3. The maximum atomic E-state index is 13.5. The van der Waals surface area contributed by atoms with Crippen molar-refractivity contribution in [3.05, 3.63) is 98.5 Å². The zero-order valence-corrected chi connectivity index (χ0v) is 20.5. The average molecular weight is 510 g/mol. The van der Waals surface area contributed by atoms with Gasteiger partial charge in [-0.05, 0) is 53.9 Å². The molecule has 3 aromatic carbocycles. The van der Waals surface area contributed by atoms with Crippen LogP contribution in [0.1, 0.15) is 45.6 Å². The third-order valence-electron chi connectivity index (χ3n) is 6.19. The van der Waals surface area contributed by atoms with Crippen molar-refractivity contribution in [1.82, 2.24) is 5.32 Å². The Morgan fingerprint density at radius 1 is 1.03 bits per heavy atom. The summed E-state index contributed by atoms with van der Waals surface area (Å²) >= 11 is 12.2. The predicted molar refractivity (Wildman–Crippen MR) is 139 cm³/mol. The van der Waals surface area contributed by atoms with Gasteiger partial charge in [0.1, 0.15) is 11.9 Å². The van der Waals surface area contributed by atoms with E-state index in [4.69, 9.17) is 40.1 Å². The zero-order valence-electron chi connectivity index (χ0n) is 19.0. The summed E-state index contributed by atoms with van der Waals surface area (Å²) in [4.78, 5) is 26.9. The fourth-order valence-corrected chi connectivity index (χ4v) is 4.54. The number of hydrogen-bond donors (Lipinski definition) is 4. The normalized spacial score (nSPS) is 15.4. The fraction of sp³-hybridized carbons (Fsp3) is 0.192. The van der Waals surface area contributed by atoms with Crippen molar-refractivity contribution < 1.29 is 9.59 Å². The molecule has 0 fully saturated rings. The van der Waals surface area contributed by atoms with E-state index in [2.05, 4.69) is 5.32 Å². The molecule has 0 radical (unpaired) electrons. The van der Waals surface area contributed by atoms with E-state index in [9.17, 15) is 9.59 Å². The minimum absolute atomic E-state index is 0.0419. The number of benzene rings is 3. The van der Waals surface area contributed by atoms with Gasteiger partial charge in [0.15, 0.2) is 0 Å². The molecule has 1 aliphatic heterocycles. The Kier molecular flexibility index (Phi) is 7.00. The minimum Gasteiger partial charge on any atom is -0.384 e. The van der Waals surface area contributed by atoms with Gasteiger partial charge in [-0.15, -0.1) is 0 Å². The van der Waals surface area contributed by atoms with Crippen LogP contribution in [0.2, 0.25) is 10.0 Å². The standard InChI is InChI=1S/C26H25Cl2N5O2/c1-14(17-8-9-20(27)21(28)10-17)32-26(35)23-11-18-6-7-19(24(29)30)12-22(18)33(23)13-15-2-4-16(5-3-15)25(31)34/h2-10,12,14,23H,11,13H2,1H3,(H3,29,30)(H2,31,34)(H,32,35)/t14-,23?/m0/s1. The summed E-state index contributed by atoms with van der Waals surface area (Å²) in [6.45, 7) is 2.31. The van der Waals surface area contributed by atoms with E-state index in [-0.39, 0.29) is 17.8 Å². The van der Waals surface area contributed by atoms with Crippen molar-refractivity contribution >= 4 is 46.5 Å². The van der Waals surface area contributed by atoms with Gasteiger partial charge < -0.3 is 21.7 Å². The van der Waals surface area contributed by atoms with Gasteiger partial charge in [-0.25, -0.2) is 0 Å². The van der Waals surface area contributed by atoms with Crippen LogP contribution in [0.4, 0.5) is 5.69 Å². The second-order valence-electron chi connectivity index (χ2n) is 8.57. The quantitative estimate of drug-likeness (QED) is 0.281. The molecule has 0 aliphatic carbocycles. The first-order valence-corrected chi connectivity index (χ1v) is 11.8. The number of nitrogens with one attached hydrogen (secondary N) is 2. The number of nitrogens with two attached hydrogens (primary N) is 2. The van der Waals surface area contributed by atoms with Crippen LogP contribution in [-0.4, -0.2) is 23.7 Å². The molecule has 9 heteroatoms. The number of fused-ring (bicyclic) bond motifs is 1. The third kappa shape index (κ3) is 5.26. The molecule has 2 amide bonds. The van der Waals surface area contributed by atoms with Crippen molar-refractivity contribution in [3.8, 4) is 0 Å². The Morgan fingerprint density at radius 2 is 1.71 bits per heavy atom. The Morgan fingerprint density at radius 3 is 2.34 bits per heavy atom. The van der Waals surface area contributed by atoms with Crippen molar-refractivity contribution in [1.29, 1.82) is 5.41 Å². The minimum atomic E-state index is -0.497. The summed E-state index contributed by atoms with van der Waals surface area (Å²) in [5.41, 5.74) is 15.7. The Labute approximate surface area is 213 Å². The molecule has 2 atom stereocenters. The van der Waals surface area contributed by atoms with Gasteiger partial charge in [0.05, 0.1) is 16.1 Å². The second-order valence-corrected chi connectivity index (χ2v) is 9.38. The molecule has 6 N–H and O–H groups in total. The number of amidine groups is 1. The average Bonchev–Trinajstić information content (AvgIpc) is 3.18. The highest BCUT2D eigenvalue weighted by atomic mass is 35.5. The van der Waals surface area contributed by atoms with Gasteiger partial charge >= 0.3 is 0 Å². The van der Waals surface area contributed by atoms with Gasteiger partial charge in [0, 0.05) is 29.8 Å². The molecule has 3 aromatic rings. The predicted octanol–water partition coefficient (Wildman–Crippen LogP) is 4.19. The molecule has 1 unspecified atom stereocenters. The number of carbonyl (C=O) groups is 2. The summed E-state index contributed by atoms with van der Waals surface area (Å²) in [5, 5.41) is 11.8. The first kappa shape index (κ1) is 24.6. The van der Waals surface area contributed by atoms with E-state index >= 15 is 0 Å². The molecular formula is C26H25Cl2N5O2. The summed E-state index contributed by atoms with van der Waals surface area (Å²) in [5.74, 6) is -0.680. The highest BCUT2D eigenvalue weighted by Gasteiger charge is 2.35. The largest absolute Gasteiger partial charge is 0.384 e. The number of nitrogen functional groups attached to an aromatic ring is 1. The van der Waals surface area contributed by atoms with E-state index in [1.54, 1.807) is 30.3 Å². The molecule has 0 saturated carbocycles.